The van der Waals surface area contributed by atoms with Crippen LogP contribution >= 0.6 is 0 Å². The Balaban J connectivity index is 1.61. The molecule has 3 aromatic carbocycles. The van der Waals surface area contributed by atoms with Crippen LogP contribution in [0.4, 0.5) is 5.69 Å². The summed E-state index contributed by atoms with van der Waals surface area (Å²) >= 11 is 0. The number of amides is 1. The lowest BCUT2D eigenvalue weighted by Gasteiger charge is -2.09. The van der Waals surface area contributed by atoms with E-state index in [1.54, 1.807) is 7.11 Å². The highest BCUT2D eigenvalue weighted by Gasteiger charge is 2.16. The van der Waals surface area contributed by atoms with E-state index in [-0.39, 0.29) is 5.91 Å². The second-order valence-electron chi connectivity index (χ2n) is 6.95. The maximum atomic E-state index is 12.8. The van der Waals surface area contributed by atoms with E-state index in [2.05, 4.69) is 15.5 Å². The van der Waals surface area contributed by atoms with Gasteiger partial charge in [0.05, 0.1) is 18.4 Å². The molecule has 1 aromatic heterocycles. The summed E-state index contributed by atoms with van der Waals surface area (Å²) in [6, 6.07) is 20.4. The van der Waals surface area contributed by atoms with Crippen molar-refractivity contribution >= 4 is 11.6 Å². The number of rotatable bonds is 5. The topological polar surface area (TPSA) is 77.3 Å². The van der Waals surface area contributed by atoms with Crippen molar-refractivity contribution in [3.8, 4) is 28.6 Å². The van der Waals surface area contributed by atoms with Gasteiger partial charge in [0, 0.05) is 11.1 Å². The Hall–Kier alpha value is -3.93. The molecule has 0 unspecified atom stereocenters. The molecule has 150 valence electrons. The number of ether oxygens (including phenoxy) is 1. The molecule has 0 saturated carbocycles. The highest BCUT2D eigenvalue weighted by Crippen LogP contribution is 2.29. The molecule has 0 aliphatic heterocycles. The average Bonchev–Trinajstić information content (AvgIpc) is 3.26. The molecule has 1 heterocycles. The first-order valence-corrected chi connectivity index (χ1v) is 9.51. The fourth-order valence-electron chi connectivity index (χ4n) is 3.05. The van der Waals surface area contributed by atoms with Gasteiger partial charge in [0.1, 0.15) is 5.75 Å². The zero-order valence-electron chi connectivity index (χ0n) is 17.0. The minimum Gasteiger partial charge on any atom is -0.497 e. The third-order valence-corrected chi connectivity index (χ3v) is 4.95. The van der Waals surface area contributed by atoms with Crippen molar-refractivity contribution in [3.05, 3.63) is 83.4 Å². The molecule has 0 fully saturated rings. The van der Waals surface area contributed by atoms with E-state index in [1.165, 1.54) is 0 Å². The molecular weight excluding hydrogens is 378 g/mol. The van der Waals surface area contributed by atoms with Crippen molar-refractivity contribution in [1.82, 2.24) is 10.1 Å². The van der Waals surface area contributed by atoms with E-state index in [1.807, 2.05) is 80.6 Å². The van der Waals surface area contributed by atoms with Gasteiger partial charge in [-0.05, 0) is 73.5 Å². The van der Waals surface area contributed by atoms with Crippen molar-refractivity contribution in [2.45, 2.75) is 13.8 Å². The van der Waals surface area contributed by atoms with E-state index >= 15 is 0 Å². The fraction of sp³-hybridized carbons (Fsp3) is 0.125. The van der Waals surface area contributed by atoms with Crippen molar-refractivity contribution in [2.24, 2.45) is 0 Å². The van der Waals surface area contributed by atoms with Crippen molar-refractivity contribution < 1.29 is 14.1 Å². The Morgan fingerprint density at radius 1 is 0.967 bits per heavy atom. The third kappa shape index (κ3) is 3.93. The molecule has 0 spiro atoms. The molecule has 4 rings (SSSR count). The van der Waals surface area contributed by atoms with Crippen LogP contribution in [0.3, 0.4) is 0 Å². The van der Waals surface area contributed by atoms with E-state index in [9.17, 15) is 4.79 Å². The zero-order chi connectivity index (χ0) is 21.1. The molecule has 0 aliphatic carbocycles. The van der Waals surface area contributed by atoms with Crippen molar-refractivity contribution in [2.75, 3.05) is 12.4 Å². The molecule has 30 heavy (non-hydrogen) atoms. The Morgan fingerprint density at radius 2 is 1.73 bits per heavy atom. The average molecular weight is 399 g/mol. The summed E-state index contributed by atoms with van der Waals surface area (Å²) in [7, 11) is 1.62. The zero-order valence-corrected chi connectivity index (χ0v) is 17.0. The highest BCUT2D eigenvalue weighted by atomic mass is 16.5. The highest BCUT2D eigenvalue weighted by molar-refractivity contribution is 6.06. The van der Waals surface area contributed by atoms with E-state index < -0.39 is 0 Å². The number of para-hydroxylation sites is 1. The maximum Gasteiger partial charge on any atom is 0.260 e. The second kappa shape index (κ2) is 8.21. The summed E-state index contributed by atoms with van der Waals surface area (Å²) in [5.41, 5.74) is 4.87. The summed E-state index contributed by atoms with van der Waals surface area (Å²) < 4.78 is 10.7. The predicted molar refractivity (Wildman–Crippen MR) is 116 cm³/mol. The number of carbonyl (C=O) groups is 1. The molecule has 4 aromatic rings. The Bertz CT molecular complexity index is 1200. The van der Waals surface area contributed by atoms with Crippen LogP contribution in [0.1, 0.15) is 21.5 Å². The lowest BCUT2D eigenvalue weighted by Crippen LogP contribution is -2.13. The monoisotopic (exact) mass is 399 g/mol. The van der Waals surface area contributed by atoms with Crippen molar-refractivity contribution in [3.63, 3.8) is 0 Å². The number of hydrogen-bond donors (Lipinski definition) is 1. The van der Waals surface area contributed by atoms with Crippen LogP contribution in [0.2, 0.25) is 0 Å². The van der Waals surface area contributed by atoms with Gasteiger partial charge in [0.2, 0.25) is 5.82 Å². The summed E-state index contributed by atoms with van der Waals surface area (Å²) in [5, 5.41) is 7.03. The lowest BCUT2D eigenvalue weighted by atomic mass is 10.1. The van der Waals surface area contributed by atoms with Gasteiger partial charge in [-0.3, -0.25) is 4.79 Å². The SMILES string of the molecule is COc1ccc(-c2noc(-c3ccccc3NC(=O)c3ccc(C)c(C)c3)n2)cc1. The lowest BCUT2D eigenvalue weighted by molar-refractivity contribution is 0.102. The van der Waals surface area contributed by atoms with Gasteiger partial charge < -0.3 is 14.6 Å². The molecule has 0 radical (unpaired) electrons. The largest absolute Gasteiger partial charge is 0.497 e. The number of hydrogen-bond acceptors (Lipinski definition) is 5. The first-order chi connectivity index (χ1) is 14.5. The van der Waals surface area contributed by atoms with Gasteiger partial charge in [-0.25, -0.2) is 0 Å². The van der Waals surface area contributed by atoms with Crippen LogP contribution in [-0.2, 0) is 0 Å². The summed E-state index contributed by atoms with van der Waals surface area (Å²) in [6.07, 6.45) is 0. The number of carbonyl (C=O) groups excluding carboxylic acids is 1. The van der Waals surface area contributed by atoms with E-state index in [4.69, 9.17) is 9.26 Å². The van der Waals surface area contributed by atoms with Crippen LogP contribution in [0.15, 0.2) is 71.3 Å². The summed E-state index contributed by atoms with van der Waals surface area (Å²) in [6.45, 7) is 4.00. The number of anilines is 1. The fourth-order valence-corrected chi connectivity index (χ4v) is 3.05. The van der Waals surface area contributed by atoms with Gasteiger partial charge in [-0.1, -0.05) is 23.4 Å². The molecule has 1 amide bonds. The number of aryl methyl sites for hydroxylation is 2. The van der Waals surface area contributed by atoms with Crippen LogP contribution in [0.5, 0.6) is 5.75 Å². The summed E-state index contributed by atoms with van der Waals surface area (Å²) in [5.74, 6) is 1.35. The number of methoxy groups -OCH3 is 1. The smallest absolute Gasteiger partial charge is 0.260 e. The minimum absolute atomic E-state index is 0.194. The van der Waals surface area contributed by atoms with Crippen LogP contribution in [-0.4, -0.2) is 23.2 Å². The van der Waals surface area contributed by atoms with Gasteiger partial charge >= 0.3 is 0 Å². The Morgan fingerprint density at radius 3 is 2.47 bits per heavy atom. The van der Waals surface area contributed by atoms with E-state index in [0.717, 1.165) is 22.4 Å². The van der Waals surface area contributed by atoms with Crippen LogP contribution < -0.4 is 10.1 Å². The van der Waals surface area contributed by atoms with Crippen LogP contribution in [0.25, 0.3) is 22.8 Å². The van der Waals surface area contributed by atoms with Gasteiger partial charge in [-0.15, -0.1) is 0 Å². The molecular formula is C24H21N3O3. The minimum atomic E-state index is -0.194. The predicted octanol–water partition coefficient (Wildman–Crippen LogP) is 5.28. The summed E-state index contributed by atoms with van der Waals surface area (Å²) in [4.78, 5) is 17.3. The molecule has 0 aliphatic rings. The molecule has 6 nitrogen and oxygen atoms in total. The third-order valence-electron chi connectivity index (χ3n) is 4.95. The molecule has 0 saturated heterocycles. The standard InChI is InChI=1S/C24H21N3O3/c1-15-8-9-18(14-16(15)2)23(28)25-21-7-5-4-6-20(21)24-26-22(27-30-24)17-10-12-19(29-3)13-11-17/h4-14H,1-3H3,(H,25,28). The first-order valence-electron chi connectivity index (χ1n) is 9.51. The molecule has 1 N–H and O–H groups in total. The van der Waals surface area contributed by atoms with Gasteiger partial charge in [0.15, 0.2) is 0 Å². The quantitative estimate of drug-likeness (QED) is 0.494. The normalized spacial score (nSPS) is 10.6. The Kier molecular flexibility index (Phi) is 5.30. The second-order valence-corrected chi connectivity index (χ2v) is 6.95. The van der Waals surface area contributed by atoms with Crippen molar-refractivity contribution in [1.29, 1.82) is 0 Å². The maximum absolute atomic E-state index is 12.8. The van der Waals surface area contributed by atoms with E-state index in [0.29, 0.717) is 28.5 Å². The number of aromatic nitrogens is 2. The molecule has 0 bridgehead atoms. The van der Waals surface area contributed by atoms with Gasteiger partial charge in [0.25, 0.3) is 11.8 Å². The number of benzene rings is 3. The first kappa shape index (κ1) is 19.4. The molecule has 0 atom stereocenters. The van der Waals surface area contributed by atoms with Crippen LogP contribution in [0, 0.1) is 13.8 Å². The molecule has 6 heteroatoms. The Labute approximate surface area is 174 Å². The number of nitrogens with one attached hydrogen (secondary N) is 1. The van der Waals surface area contributed by atoms with Gasteiger partial charge in [-0.2, -0.15) is 4.98 Å². The number of nitrogens with zero attached hydrogens (tertiary/aromatic N) is 2.